The van der Waals surface area contributed by atoms with Crippen LogP contribution in [0.2, 0.25) is 0 Å². The van der Waals surface area contributed by atoms with Crippen molar-refractivity contribution < 1.29 is 19.2 Å². The molecule has 45 heavy (non-hydrogen) atoms. The summed E-state index contributed by atoms with van der Waals surface area (Å²) in [6.07, 6.45) is 5.12. The molecule has 0 heterocycles. The zero-order valence-electron chi connectivity index (χ0n) is 25.4. The highest BCUT2D eigenvalue weighted by molar-refractivity contribution is 5.96. The Hall–Kier alpha value is -5.24. The molecule has 4 N–H and O–H groups in total. The van der Waals surface area contributed by atoms with Gasteiger partial charge in [-0.25, -0.2) is 0 Å². The van der Waals surface area contributed by atoms with E-state index in [2.05, 4.69) is 21.3 Å². The van der Waals surface area contributed by atoms with Gasteiger partial charge in [0.15, 0.2) is 0 Å². The second kappa shape index (κ2) is 17.8. The van der Waals surface area contributed by atoms with E-state index >= 15 is 0 Å². The van der Waals surface area contributed by atoms with Crippen LogP contribution in [0.1, 0.15) is 76.8 Å². The summed E-state index contributed by atoms with van der Waals surface area (Å²) in [6, 6.07) is 33.2. The molecule has 0 bridgehead atoms. The Bertz CT molecular complexity index is 1410. The van der Waals surface area contributed by atoms with Crippen LogP contribution in [0.25, 0.3) is 0 Å². The smallest absolute Gasteiger partial charge is 0.251 e. The molecule has 8 heteroatoms. The van der Waals surface area contributed by atoms with Gasteiger partial charge in [0.1, 0.15) is 0 Å². The van der Waals surface area contributed by atoms with Crippen LogP contribution in [0.3, 0.4) is 0 Å². The number of carbonyl (C=O) groups excluding carboxylic acids is 4. The van der Waals surface area contributed by atoms with Gasteiger partial charge in [0.25, 0.3) is 11.8 Å². The molecule has 0 atom stereocenters. The van der Waals surface area contributed by atoms with Crippen LogP contribution in [0.5, 0.6) is 0 Å². The van der Waals surface area contributed by atoms with Crippen molar-refractivity contribution in [2.45, 2.75) is 58.0 Å². The van der Waals surface area contributed by atoms with E-state index in [0.717, 1.165) is 43.2 Å². The van der Waals surface area contributed by atoms with Gasteiger partial charge in [0, 0.05) is 48.4 Å². The number of nitrogens with one attached hydrogen (secondary N) is 4. The van der Waals surface area contributed by atoms with Crippen LogP contribution in [-0.4, -0.2) is 23.6 Å². The van der Waals surface area contributed by atoms with Crippen LogP contribution in [0.4, 0.5) is 11.4 Å². The van der Waals surface area contributed by atoms with E-state index < -0.39 is 0 Å². The summed E-state index contributed by atoms with van der Waals surface area (Å²) >= 11 is 0. The highest BCUT2D eigenvalue weighted by Gasteiger charge is 2.09. The van der Waals surface area contributed by atoms with Crippen LogP contribution >= 0.6 is 0 Å². The second-order valence-electron chi connectivity index (χ2n) is 10.9. The van der Waals surface area contributed by atoms with Crippen molar-refractivity contribution in [3.05, 3.63) is 131 Å². The fraction of sp³-hybridized carbons (Fsp3) is 0.243. The molecule has 0 aliphatic rings. The third-order valence-electron chi connectivity index (χ3n) is 7.26. The standard InChI is InChI=1S/C37H40N4O4/c42-34(40-32-22-18-30(19-23-32)36(44)38-26-28-12-6-4-7-13-28)16-10-2-1-3-11-17-35(43)41-33-24-20-31(21-25-33)37(45)39-27-29-14-8-5-9-15-29/h4-9,12-15,18-25H,1-3,10-11,16-17,26-27H2,(H,38,44)(H,39,45)(H,40,42)(H,41,43). The minimum absolute atomic E-state index is 0.0599. The van der Waals surface area contributed by atoms with Gasteiger partial charge in [-0.1, -0.05) is 79.9 Å². The molecule has 232 valence electrons. The molecule has 0 spiro atoms. The van der Waals surface area contributed by atoms with Gasteiger partial charge in [-0.3, -0.25) is 19.2 Å². The molecule has 4 aromatic carbocycles. The Labute approximate surface area is 264 Å². The summed E-state index contributed by atoms with van der Waals surface area (Å²) in [4.78, 5) is 49.4. The number of rotatable bonds is 16. The van der Waals surface area contributed by atoms with Gasteiger partial charge in [-0.15, -0.1) is 0 Å². The van der Waals surface area contributed by atoms with Crippen molar-refractivity contribution >= 4 is 35.0 Å². The number of anilines is 2. The monoisotopic (exact) mass is 604 g/mol. The lowest BCUT2D eigenvalue weighted by molar-refractivity contribution is -0.117. The molecular formula is C37H40N4O4. The van der Waals surface area contributed by atoms with E-state index in [1.807, 2.05) is 60.7 Å². The first-order valence-electron chi connectivity index (χ1n) is 15.4. The number of hydrogen-bond acceptors (Lipinski definition) is 4. The molecule has 4 rings (SSSR count). The molecule has 0 aliphatic heterocycles. The van der Waals surface area contributed by atoms with Gasteiger partial charge in [-0.05, 0) is 72.5 Å². The van der Waals surface area contributed by atoms with E-state index in [4.69, 9.17) is 0 Å². The zero-order valence-corrected chi connectivity index (χ0v) is 25.4. The van der Waals surface area contributed by atoms with Gasteiger partial charge in [-0.2, -0.15) is 0 Å². The molecule has 0 radical (unpaired) electrons. The van der Waals surface area contributed by atoms with Crippen molar-refractivity contribution in [3.8, 4) is 0 Å². The van der Waals surface area contributed by atoms with Crippen molar-refractivity contribution in [2.24, 2.45) is 0 Å². The predicted molar refractivity (Wildman–Crippen MR) is 178 cm³/mol. The zero-order chi connectivity index (χ0) is 31.7. The molecule has 8 nitrogen and oxygen atoms in total. The molecule has 0 aliphatic carbocycles. The first-order valence-corrected chi connectivity index (χ1v) is 15.4. The van der Waals surface area contributed by atoms with Gasteiger partial charge in [0.05, 0.1) is 0 Å². The molecule has 4 amide bonds. The summed E-state index contributed by atoms with van der Waals surface area (Å²) in [5.74, 6) is -0.446. The SMILES string of the molecule is O=C(CCCCCCCC(=O)Nc1ccc(C(=O)NCc2ccccc2)cc1)Nc1ccc(C(=O)NCc2ccccc2)cc1. The van der Waals surface area contributed by atoms with E-state index in [-0.39, 0.29) is 23.6 Å². The Morgan fingerprint density at radius 3 is 1.16 bits per heavy atom. The van der Waals surface area contributed by atoms with Crippen molar-refractivity contribution in [1.82, 2.24) is 10.6 Å². The van der Waals surface area contributed by atoms with Gasteiger partial charge < -0.3 is 21.3 Å². The quantitative estimate of drug-likeness (QED) is 0.105. The molecule has 4 aromatic rings. The lowest BCUT2D eigenvalue weighted by Gasteiger charge is -2.08. The van der Waals surface area contributed by atoms with E-state index in [0.29, 0.717) is 48.4 Å². The van der Waals surface area contributed by atoms with E-state index in [9.17, 15) is 19.2 Å². The lowest BCUT2D eigenvalue weighted by atomic mass is 10.1. The number of hydrogen-bond donors (Lipinski definition) is 4. The maximum atomic E-state index is 12.4. The number of carbonyl (C=O) groups is 4. The summed E-state index contributed by atoms with van der Waals surface area (Å²) in [6.45, 7) is 0.914. The van der Waals surface area contributed by atoms with E-state index in [1.54, 1.807) is 48.5 Å². The first-order chi connectivity index (χ1) is 22.0. The Balaban J connectivity index is 1.03. The maximum absolute atomic E-state index is 12.4. The van der Waals surface area contributed by atoms with Crippen LogP contribution in [-0.2, 0) is 22.7 Å². The highest BCUT2D eigenvalue weighted by atomic mass is 16.2. The molecule has 0 fully saturated rings. The summed E-state index contributed by atoms with van der Waals surface area (Å²) in [5.41, 5.74) is 4.45. The third kappa shape index (κ3) is 11.8. The number of benzene rings is 4. The molecule has 0 saturated heterocycles. The highest BCUT2D eigenvalue weighted by Crippen LogP contribution is 2.14. The minimum Gasteiger partial charge on any atom is -0.348 e. The van der Waals surface area contributed by atoms with Crippen molar-refractivity contribution in [1.29, 1.82) is 0 Å². The number of unbranched alkanes of at least 4 members (excludes halogenated alkanes) is 4. The Morgan fingerprint density at radius 2 is 0.778 bits per heavy atom. The Morgan fingerprint density at radius 1 is 0.422 bits per heavy atom. The maximum Gasteiger partial charge on any atom is 0.251 e. The third-order valence-corrected chi connectivity index (χ3v) is 7.26. The second-order valence-corrected chi connectivity index (χ2v) is 10.9. The molecule has 0 saturated carbocycles. The van der Waals surface area contributed by atoms with Crippen LogP contribution in [0, 0.1) is 0 Å². The summed E-state index contributed by atoms with van der Waals surface area (Å²) < 4.78 is 0. The Kier molecular flexibility index (Phi) is 12.9. The topological polar surface area (TPSA) is 116 Å². The van der Waals surface area contributed by atoms with Crippen LogP contribution < -0.4 is 21.3 Å². The van der Waals surface area contributed by atoms with Crippen molar-refractivity contribution in [2.75, 3.05) is 10.6 Å². The average molecular weight is 605 g/mol. The van der Waals surface area contributed by atoms with Gasteiger partial charge >= 0.3 is 0 Å². The summed E-state index contributed by atoms with van der Waals surface area (Å²) in [5, 5.41) is 11.6. The minimum atomic E-state index is -0.163. The van der Waals surface area contributed by atoms with Crippen LogP contribution in [0.15, 0.2) is 109 Å². The lowest BCUT2D eigenvalue weighted by Crippen LogP contribution is -2.22. The fourth-order valence-corrected chi connectivity index (χ4v) is 4.72. The van der Waals surface area contributed by atoms with Gasteiger partial charge in [0.2, 0.25) is 11.8 Å². The first kappa shape index (κ1) is 32.7. The van der Waals surface area contributed by atoms with Crippen molar-refractivity contribution in [3.63, 3.8) is 0 Å². The molecule has 0 unspecified atom stereocenters. The summed E-state index contributed by atoms with van der Waals surface area (Å²) in [7, 11) is 0. The average Bonchev–Trinajstić information content (AvgIpc) is 3.07. The fourth-order valence-electron chi connectivity index (χ4n) is 4.72. The predicted octanol–water partition coefficient (Wildman–Crippen LogP) is 6.85. The molecular weight excluding hydrogens is 564 g/mol. The van der Waals surface area contributed by atoms with E-state index in [1.165, 1.54) is 0 Å². The largest absolute Gasteiger partial charge is 0.348 e. The molecule has 0 aromatic heterocycles. The number of amides is 4. The normalized spacial score (nSPS) is 10.5.